The molecule has 4 nitrogen and oxygen atoms in total. The maximum atomic E-state index is 4.75. The lowest BCUT2D eigenvalue weighted by Gasteiger charge is -2.13. The summed E-state index contributed by atoms with van der Waals surface area (Å²) in [5.74, 6) is 0. The van der Waals surface area contributed by atoms with Crippen molar-refractivity contribution in [2.45, 2.75) is 0 Å². The first kappa shape index (κ1) is 22.8. The summed E-state index contributed by atoms with van der Waals surface area (Å²) in [7, 11) is 0. The lowest BCUT2D eigenvalue weighted by Crippen LogP contribution is -1.97. The van der Waals surface area contributed by atoms with Gasteiger partial charge in [-0.3, -0.25) is 4.40 Å². The van der Waals surface area contributed by atoms with Gasteiger partial charge < -0.3 is 9.13 Å². The highest BCUT2D eigenvalue weighted by Gasteiger charge is 2.21. The minimum atomic E-state index is 0.985. The highest BCUT2D eigenvalue weighted by molar-refractivity contribution is 6.28. The first-order valence-corrected chi connectivity index (χ1v) is 14.7. The SMILES string of the molecule is c1ccc(-n2c3ccccc3c3cc4c5ccc6c(c7ccccc7c7nccn67)c5n(-c5ccccc5)c4cc32)cc1. The molecule has 0 aliphatic heterocycles. The Kier molecular flexibility index (Phi) is 4.42. The monoisotopic (exact) mass is 548 g/mol. The second kappa shape index (κ2) is 8.34. The third kappa shape index (κ3) is 2.97. The van der Waals surface area contributed by atoms with Gasteiger partial charge in [-0.25, -0.2) is 4.98 Å². The predicted molar refractivity (Wildman–Crippen MR) is 179 cm³/mol. The molecule has 0 amide bonds. The molecule has 0 aliphatic rings. The highest BCUT2D eigenvalue weighted by atomic mass is 15.0. The van der Waals surface area contributed by atoms with Crippen molar-refractivity contribution in [3.8, 4) is 11.4 Å². The Bertz CT molecular complexity index is 2710. The second-order valence-electron chi connectivity index (χ2n) is 11.3. The van der Waals surface area contributed by atoms with Crippen LogP contribution in [-0.2, 0) is 0 Å². The lowest BCUT2D eigenvalue weighted by atomic mass is 10.0. The Morgan fingerprint density at radius 2 is 1.05 bits per heavy atom. The van der Waals surface area contributed by atoms with Crippen molar-refractivity contribution in [1.29, 1.82) is 0 Å². The first-order chi connectivity index (χ1) is 21.4. The van der Waals surface area contributed by atoms with E-state index in [-0.39, 0.29) is 0 Å². The average Bonchev–Trinajstić information content (AvgIpc) is 3.77. The van der Waals surface area contributed by atoms with Crippen molar-refractivity contribution in [2.24, 2.45) is 0 Å². The molecule has 0 fully saturated rings. The second-order valence-corrected chi connectivity index (χ2v) is 11.3. The molecular weight excluding hydrogens is 524 g/mol. The Hall–Kier alpha value is -5.87. The molecule has 43 heavy (non-hydrogen) atoms. The number of rotatable bonds is 2. The van der Waals surface area contributed by atoms with Crippen molar-refractivity contribution < 1.29 is 0 Å². The molecule has 0 atom stereocenters. The van der Waals surface area contributed by atoms with Crippen LogP contribution in [-0.4, -0.2) is 18.5 Å². The van der Waals surface area contributed by atoms with Crippen molar-refractivity contribution in [3.05, 3.63) is 146 Å². The van der Waals surface area contributed by atoms with Crippen LogP contribution >= 0.6 is 0 Å². The van der Waals surface area contributed by atoms with Crippen LogP contribution in [0, 0.1) is 0 Å². The van der Waals surface area contributed by atoms with E-state index < -0.39 is 0 Å². The zero-order valence-electron chi connectivity index (χ0n) is 23.1. The van der Waals surface area contributed by atoms with Crippen molar-refractivity contribution in [2.75, 3.05) is 0 Å². The summed E-state index contributed by atoms with van der Waals surface area (Å²) in [6.45, 7) is 0. The van der Waals surface area contributed by atoms with Gasteiger partial charge in [0, 0.05) is 56.1 Å². The van der Waals surface area contributed by atoms with Crippen LogP contribution in [0.5, 0.6) is 0 Å². The number of pyridine rings is 1. The highest BCUT2D eigenvalue weighted by Crippen LogP contribution is 2.43. The molecule has 4 aromatic heterocycles. The van der Waals surface area contributed by atoms with E-state index in [1.807, 2.05) is 6.20 Å². The number of imidazole rings is 1. The largest absolute Gasteiger partial charge is 0.309 e. The van der Waals surface area contributed by atoms with E-state index in [1.54, 1.807) is 0 Å². The van der Waals surface area contributed by atoms with Gasteiger partial charge in [0.1, 0.15) is 5.65 Å². The summed E-state index contributed by atoms with van der Waals surface area (Å²) in [6.07, 6.45) is 3.98. The van der Waals surface area contributed by atoms with Gasteiger partial charge in [-0.2, -0.15) is 0 Å². The van der Waals surface area contributed by atoms with E-state index in [2.05, 4.69) is 153 Å². The maximum absolute atomic E-state index is 4.75. The average molecular weight is 549 g/mol. The molecule has 0 radical (unpaired) electrons. The quantitative estimate of drug-likeness (QED) is 0.198. The minimum absolute atomic E-state index is 0.985. The first-order valence-electron chi connectivity index (χ1n) is 14.7. The fourth-order valence-electron chi connectivity index (χ4n) is 7.32. The third-order valence-electron chi connectivity index (χ3n) is 9.07. The van der Waals surface area contributed by atoms with Crippen LogP contribution in [0.1, 0.15) is 0 Å². The Morgan fingerprint density at radius 1 is 0.419 bits per heavy atom. The minimum Gasteiger partial charge on any atom is -0.309 e. The normalized spacial score (nSPS) is 12.2. The Labute approximate surface area is 246 Å². The van der Waals surface area contributed by atoms with Gasteiger partial charge in [0.15, 0.2) is 0 Å². The van der Waals surface area contributed by atoms with Gasteiger partial charge >= 0.3 is 0 Å². The molecule has 0 N–H and O–H groups in total. The zero-order chi connectivity index (χ0) is 28.1. The number of para-hydroxylation sites is 3. The van der Waals surface area contributed by atoms with Gasteiger partial charge in [0.05, 0.1) is 27.6 Å². The lowest BCUT2D eigenvalue weighted by molar-refractivity contribution is 1.17. The topological polar surface area (TPSA) is 27.2 Å². The van der Waals surface area contributed by atoms with Crippen LogP contribution in [0.4, 0.5) is 0 Å². The van der Waals surface area contributed by atoms with Crippen LogP contribution in [0.2, 0.25) is 0 Å². The summed E-state index contributed by atoms with van der Waals surface area (Å²) in [5, 5.41) is 8.62. The predicted octanol–water partition coefficient (Wildman–Crippen LogP) is 9.83. The Balaban J connectivity index is 1.49. The van der Waals surface area contributed by atoms with Gasteiger partial charge in [-0.05, 0) is 53.9 Å². The molecule has 0 saturated carbocycles. The maximum Gasteiger partial charge on any atom is 0.145 e. The molecule has 10 rings (SSSR count). The zero-order valence-corrected chi connectivity index (χ0v) is 23.1. The van der Waals surface area contributed by atoms with Crippen LogP contribution in [0.15, 0.2) is 146 Å². The van der Waals surface area contributed by atoms with E-state index in [0.29, 0.717) is 0 Å². The number of fused-ring (bicyclic) bond motifs is 13. The fourth-order valence-corrected chi connectivity index (χ4v) is 7.32. The van der Waals surface area contributed by atoms with E-state index in [0.717, 1.165) is 27.9 Å². The molecule has 0 spiro atoms. The van der Waals surface area contributed by atoms with Gasteiger partial charge in [0.2, 0.25) is 0 Å². The summed E-state index contributed by atoms with van der Waals surface area (Å²) in [5.41, 5.74) is 9.27. The van der Waals surface area contributed by atoms with Crippen LogP contribution in [0.25, 0.3) is 82.3 Å². The fraction of sp³-hybridized carbons (Fsp3) is 0. The number of benzene rings is 6. The van der Waals surface area contributed by atoms with Gasteiger partial charge in [0.25, 0.3) is 0 Å². The summed E-state index contributed by atoms with van der Waals surface area (Å²) >= 11 is 0. The summed E-state index contributed by atoms with van der Waals surface area (Å²) in [4.78, 5) is 4.75. The molecule has 10 aromatic rings. The number of aromatic nitrogens is 4. The smallest absolute Gasteiger partial charge is 0.145 e. The van der Waals surface area contributed by atoms with Crippen LogP contribution < -0.4 is 0 Å². The molecule has 4 heterocycles. The molecule has 200 valence electrons. The van der Waals surface area contributed by atoms with E-state index in [4.69, 9.17) is 4.98 Å². The number of nitrogens with zero attached hydrogens (tertiary/aromatic N) is 4. The van der Waals surface area contributed by atoms with Gasteiger partial charge in [-0.1, -0.05) is 84.9 Å². The molecule has 0 aliphatic carbocycles. The molecule has 0 bridgehead atoms. The van der Waals surface area contributed by atoms with Crippen LogP contribution in [0.3, 0.4) is 0 Å². The van der Waals surface area contributed by atoms with Crippen molar-refractivity contribution >= 4 is 70.9 Å². The van der Waals surface area contributed by atoms with Crippen molar-refractivity contribution in [3.63, 3.8) is 0 Å². The number of hydrogen-bond donors (Lipinski definition) is 0. The molecule has 4 heteroatoms. The summed E-state index contributed by atoms with van der Waals surface area (Å²) < 4.78 is 7.10. The van der Waals surface area contributed by atoms with E-state index in [9.17, 15) is 0 Å². The third-order valence-corrected chi connectivity index (χ3v) is 9.07. The molecule has 0 unspecified atom stereocenters. The Morgan fingerprint density at radius 3 is 1.84 bits per heavy atom. The van der Waals surface area contributed by atoms with E-state index in [1.165, 1.54) is 54.4 Å². The molecule has 0 saturated heterocycles. The standard InChI is InChI=1S/C39H24N4/c1-3-11-25(12-4-1)42-33-18-10-9-15-27(33)31-23-32-29-19-20-34-37(28-16-7-8-17-30(28)39-40-21-22-41(34)39)38(29)43(36(32)24-35(31)42)26-13-5-2-6-14-26/h1-24H. The summed E-state index contributed by atoms with van der Waals surface area (Å²) in [6, 6.07) is 48.3. The van der Waals surface area contributed by atoms with Crippen molar-refractivity contribution in [1.82, 2.24) is 18.5 Å². The number of hydrogen-bond acceptors (Lipinski definition) is 1. The van der Waals surface area contributed by atoms with Gasteiger partial charge in [-0.15, -0.1) is 0 Å². The molecular formula is C39H24N4. The molecule has 6 aromatic carbocycles. The van der Waals surface area contributed by atoms with E-state index >= 15 is 0 Å².